The summed E-state index contributed by atoms with van der Waals surface area (Å²) in [7, 11) is 0. The highest BCUT2D eigenvalue weighted by molar-refractivity contribution is 5.40. The normalized spacial score (nSPS) is 24.8. The third-order valence-corrected chi connectivity index (χ3v) is 5.75. The van der Waals surface area contributed by atoms with Gasteiger partial charge in [0.25, 0.3) is 0 Å². The van der Waals surface area contributed by atoms with Crippen molar-refractivity contribution in [3.63, 3.8) is 0 Å². The van der Waals surface area contributed by atoms with Crippen LogP contribution in [0.2, 0.25) is 0 Å². The molecular formula is C23H31N. The monoisotopic (exact) mass is 321 g/mol. The molecule has 0 amide bonds. The SMILES string of the molecule is C=C1C(CCCC)=CC2CN([C@@H](Cc3ccccc3)C(=C)C)CC12. The van der Waals surface area contributed by atoms with Crippen LogP contribution in [0.25, 0.3) is 0 Å². The molecule has 0 aromatic heterocycles. The van der Waals surface area contributed by atoms with Gasteiger partial charge in [-0.2, -0.15) is 0 Å². The molecule has 3 rings (SSSR count). The van der Waals surface area contributed by atoms with E-state index in [1.165, 1.54) is 36.0 Å². The van der Waals surface area contributed by atoms with E-state index in [1.54, 1.807) is 5.57 Å². The van der Waals surface area contributed by atoms with Crippen LogP contribution in [0.15, 0.2) is 66.3 Å². The molecule has 2 unspecified atom stereocenters. The summed E-state index contributed by atoms with van der Waals surface area (Å²) in [4.78, 5) is 2.64. The van der Waals surface area contributed by atoms with Crippen LogP contribution in [-0.4, -0.2) is 24.0 Å². The number of unbranched alkanes of at least 4 members (excludes halogenated alkanes) is 1. The van der Waals surface area contributed by atoms with Crippen LogP contribution < -0.4 is 0 Å². The summed E-state index contributed by atoms with van der Waals surface area (Å²) in [6, 6.07) is 11.3. The maximum absolute atomic E-state index is 4.44. The predicted octanol–water partition coefficient (Wildman–Crippen LogP) is 5.41. The number of rotatable bonds is 7. The van der Waals surface area contributed by atoms with Gasteiger partial charge in [-0.05, 0) is 48.8 Å². The summed E-state index contributed by atoms with van der Waals surface area (Å²) in [6.07, 6.45) is 7.36. The molecule has 24 heavy (non-hydrogen) atoms. The maximum atomic E-state index is 4.44. The Morgan fingerprint density at radius 3 is 2.62 bits per heavy atom. The molecule has 2 aliphatic rings. The number of allylic oxidation sites excluding steroid dienone is 1. The number of benzene rings is 1. The molecule has 0 saturated carbocycles. The number of hydrogen-bond donors (Lipinski definition) is 0. The summed E-state index contributed by atoms with van der Waals surface area (Å²) in [6.45, 7) is 15.5. The highest BCUT2D eigenvalue weighted by atomic mass is 15.2. The quantitative estimate of drug-likeness (QED) is 0.607. The summed E-state index contributed by atoms with van der Waals surface area (Å²) in [5.74, 6) is 1.30. The van der Waals surface area contributed by atoms with Crippen molar-refractivity contribution in [2.45, 2.75) is 45.6 Å². The second kappa shape index (κ2) is 7.53. The van der Waals surface area contributed by atoms with Crippen molar-refractivity contribution in [3.8, 4) is 0 Å². The van der Waals surface area contributed by atoms with E-state index in [4.69, 9.17) is 0 Å². The van der Waals surface area contributed by atoms with Gasteiger partial charge < -0.3 is 0 Å². The lowest BCUT2D eigenvalue weighted by molar-refractivity contribution is 0.261. The largest absolute Gasteiger partial charge is 0.295 e. The molecule has 1 aliphatic heterocycles. The summed E-state index contributed by atoms with van der Waals surface area (Å²) < 4.78 is 0. The van der Waals surface area contributed by atoms with Crippen LogP contribution in [0.1, 0.15) is 38.7 Å². The van der Waals surface area contributed by atoms with Crippen LogP contribution in [0.3, 0.4) is 0 Å². The van der Waals surface area contributed by atoms with Crippen LogP contribution in [0.4, 0.5) is 0 Å². The first-order valence-corrected chi connectivity index (χ1v) is 9.43. The van der Waals surface area contributed by atoms with Gasteiger partial charge in [0.15, 0.2) is 0 Å². The zero-order valence-electron chi connectivity index (χ0n) is 15.3. The Labute approximate surface area is 147 Å². The molecule has 1 fully saturated rings. The van der Waals surface area contributed by atoms with E-state index in [-0.39, 0.29) is 0 Å². The molecule has 1 aromatic carbocycles. The average molecular weight is 322 g/mol. The summed E-state index contributed by atoms with van der Waals surface area (Å²) in [5, 5.41) is 0. The molecule has 0 spiro atoms. The first-order valence-electron chi connectivity index (χ1n) is 9.43. The van der Waals surface area contributed by atoms with Crippen molar-refractivity contribution in [3.05, 3.63) is 71.8 Å². The molecule has 1 saturated heterocycles. The number of hydrogen-bond acceptors (Lipinski definition) is 1. The molecule has 3 atom stereocenters. The maximum Gasteiger partial charge on any atom is 0.0343 e. The van der Waals surface area contributed by atoms with Gasteiger partial charge in [0.2, 0.25) is 0 Å². The van der Waals surface area contributed by atoms with Gasteiger partial charge in [0, 0.05) is 25.0 Å². The second-order valence-electron chi connectivity index (χ2n) is 7.60. The van der Waals surface area contributed by atoms with Gasteiger partial charge in [-0.25, -0.2) is 0 Å². The Hall–Kier alpha value is -1.60. The molecule has 1 nitrogen and oxygen atoms in total. The van der Waals surface area contributed by atoms with E-state index in [9.17, 15) is 0 Å². The van der Waals surface area contributed by atoms with Crippen molar-refractivity contribution in [2.75, 3.05) is 13.1 Å². The van der Waals surface area contributed by atoms with Crippen LogP contribution in [0, 0.1) is 11.8 Å². The van der Waals surface area contributed by atoms with Crippen molar-refractivity contribution in [2.24, 2.45) is 11.8 Å². The molecule has 128 valence electrons. The molecule has 0 radical (unpaired) electrons. The van der Waals surface area contributed by atoms with Crippen molar-refractivity contribution in [1.29, 1.82) is 0 Å². The topological polar surface area (TPSA) is 3.24 Å². The van der Waals surface area contributed by atoms with Gasteiger partial charge in [-0.1, -0.05) is 68.5 Å². The highest BCUT2D eigenvalue weighted by Gasteiger charge is 2.40. The van der Waals surface area contributed by atoms with Crippen LogP contribution in [0.5, 0.6) is 0 Å². The summed E-state index contributed by atoms with van der Waals surface area (Å²) in [5.41, 5.74) is 5.64. The lowest BCUT2D eigenvalue weighted by atomic mass is 9.94. The fourth-order valence-corrected chi connectivity index (χ4v) is 4.32. The summed E-state index contributed by atoms with van der Waals surface area (Å²) >= 11 is 0. The first kappa shape index (κ1) is 17.2. The fourth-order valence-electron chi connectivity index (χ4n) is 4.32. The Kier molecular flexibility index (Phi) is 5.40. The Morgan fingerprint density at radius 1 is 1.25 bits per heavy atom. The minimum Gasteiger partial charge on any atom is -0.295 e. The lowest BCUT2D eigenvalue weighted by Crippen LogP contribution is -2.36. The van der Waals surface area contributed by atoms with E-state index in [2.05, 4.69) is 68.3 Å². The minimum atomic E-state index is 0.443. The van der Waals surface area contributed by atoms with E-state index >= 15 is 0 Å². The van der Waals surface area contributed by atoms with Crippen molar-refractivity contribution >= 4 is 0 Å². The molecule has 0 bridgehead atoms. The first-order chi connectivity index (χ1) is 11.6. The minimum absolute atomic E-state index is 0.443. The van der Waals surface area contributed by atoms with Gasteiger partial charge in [0.1, 0.15) is 0 Å². The van der Waals surface area contributed by atoms with Gasteiger partial charge in [-0.3, -0.25) is 4.90 Å². The predicted molar refractivity (Wildman–Crippen MR) is 104 cm³/mol. The van der Waals surface area contributed by atoms with Crippen LogP contribution in [-0.2, 0) is 6.42 Å². The third kappa shape index (κ3) is 3.57. The standard InChI is InChI=1S/C23H31N/c1-5-6-12-20-14-21-15-24(16-22(21)18(20)4)23(17(2)3)13-19-10-8-7-9-11-19/h7-11,14,21-23H,2,4-6,12-13,15-16H2,1,3H3/t21?,22?,23-/m0/s1. The fraction of sp³-hybridized carbons (Fsp3) is 0.478. The molecule has 1 aliphatic carbocycles. The lowest BCUT2D eigenvalue weighted by Gasteiger charge is -2.29. The Balaban J connectivity index is 1.69. The van der Waals surface area contributed by atoms with Gasteiger partial charge >= 0.3 is 0 Å². The number of nitrogens with zero attached hydrogens (tertiary/aromatic N) is 1. The van der Waals surface area contributed by atoms with Crippen molar-refractivity contribution in [1.82, 2.24) is 4.90 Å². The molecule has 1 aromatic rings. The average Bonchev–Trinajstić information content (AvgIpc) is 3.11. The van der Waals surface area contributed by atoms with E-state index in [1.807, 2.05) is 0 Å². The van der Waals surface area contributed by atoms with E-state index < -0.39 is 0 Å². The smallest absolute Gasteiger partial charge is 0.0343 e. The Bertz CT molecular complexity index is 625. The zero-order chi connectivity index (χ0) is 17.1. The number of fused-ring (bicyclic) bond motifs is 1. The van der Waals surface area contributed by atoms with Crippen molar-refractivity contribution < 1.29 is 0 Å². The highest BCUT2D eigenvalue weighted by Crippen LogP contribution is 2.43. The zero-order valence-corrected chi connectivity index (χ0v) is 15.3. The molecule has 1 heteroatoms. The molecule has 1 heterocycles. The Morgan fingerprint density at radius 2 is 2.00 bits per heavy atom. The van der Waals surface area contributed by atoms with E-state index in [0.717, 1.165) is 19.5 Å². The molecule has 0 N–H and O–H groups in total. The van der Waals surface area contributed by atoms with Gasteiger partial charge in [0.05, 0.1) is 0 Å². The second-order valence-corrected chi connectivity index (χ2v) is 7.60. The molecular weight excluding hydrogens is 290 g/mol. The van der Waals surface area contributed by atoms with Gasteiger partial charge in [-0.15, -0.1) is 0 Å². The third-order valence-electron chi connectivity index (χ3n) is 5.75. The number of likely N-dealkylation sites (tertiary alicyclic amines) is 1. The van der Waals surface area contributed by atoms with E-state index in [0.29, 0.717) is 17.9 Å². The van der Waals surface area contributed by atoms with Crippen LogP contribution >= 0.6 is 0 Å².